The first-order chi connectivity index (χ1) is 7.76. The highest BCUT2D eigenvalue weighted by Crippen LogP contribution is 2.17. The van der Waals surface area contributed by atoms with Gasteiger partial charge in [-0.3, -0.25) is 0 Å². The molecule has 1 N–H and O–H groups in total. The molecule has 0 bridgehead atoms. The fourth-order valence-electron chi connectivity index (χ4n) is 1.30. The summed E-state index contributed by atoms with van der Waals surface area (Å²) >= 11 is 9.18. The third-order valence-corrected chi connectivity index (χ3v) is 3.14. The molecular formula is C12H17BrClNO. The van der Waals surface area contributed by atoms with Crippen LogP contribution in [0.1, 0.15) is 13.3 Å². The van der Waals surface area contributed by atoms with Crippen LogP contribution in [0.5, 0.6) is 5.75 Å². The van der Waals surface area contributed by atoms with Crippen molar-refractivity contribution in [2.24, 2.45) is 0 Å². The van der Waals surface area contributed by atoms with Crippen molar-refractivity contribution >= 4 is 27.5 Å². The molecule has 1 rings (SSSR count). The zero-order valence-electron chi connectivity index (χ0n) is 9.38. The molecule has 0 fully saturated rings. The molecule has 16 heavy (non-hydrogen) atoms. The standard InChI is InChI=1S/C12H17BrClNO/c1-2-11(9-14)15-6-7-16-12-5-3-4-10(13)8-12/h3-5,8,11,15H,2,6-7,9H2,1H3. The molecule has 0 aliphatic carbocycles. The van der Waals surface area contributed by atoms with E-state index in [2.05, 4.69) is 28.2 Å². The molecule has 0 aromatic heterocycles. The average molecular weight is 307 g/mol. The van der Waals surface area contributed by atoms with Crippen LogP contribution < -0.4 is 10.1 Å². The lowest BCUT2D eigenvalue weighted by Gasteiger charge is -2.14. The molecule has 0 saturated carbocycles. The minimum atomic E-state index is 0.382. The maximum Gasteiger partial charge on any atom is 0.120 e. The average Bonchev–Trinajstić information content (AvgIpc) is 2.29. The molecule has 1 aromatic carbocycles. The summed E-state index contributed by atoms with van der Waals surface area (Å²) in [5.74, 6) is 1.53. The lowest BCUT2D eigenvalue weighted by atomic mass is 10.2. The third-order valence-electron chi connectivity index (χ3n) is 2.28. The zero-order valence-corrected chi connectivity index (χ0v) is 11.7. The van der Waals surface area contributed by atoms with Gasteiger partial charge in [0.2, 0.25) is 0 Å². The summed E-state index contributed by atoms with van der Waals surface area (Å²) in [5.41, 5.74) is 0. The van der Waals surface area contributed by atoms with Crippen LogP contribution in [-0.2, 0) is 0 Å². The van der Waals surface area contributed by atoms with Crippen molar-refractivity contribution in [3.05, 3.63) is 28.7 Å². The van der Waals surface area contributed by atoms with Gasteiger partial charge in [0.25, 0.3) is 0 Å². The van der Waals surface area contributed by atoms with Gasteiger partial charge in [0.05, 0.1) is 0 Å². The molecule has 2 nitrogen and oxygen atoms in total. The van der Waals surface area contributed by atoms with E-state index in [1.807, 2.05) is 24.3 Å². The first-order valence-corrected chi connectivity index (χ1v) is 6.76. The van der Waals surface area contributed by atoms with Gasteiger partial charge in [0.15, 0.2) is 0 Å². The quantitative estimate of drug-likeness (QED) is 0.615. The largest absolute Gasteiger partial charge is 0.492 e. The van der Waals surface area contributed by atoms with E-state index in [0.717, 1.165) is 23.2 Å². The summed E-state index contributed by atoms with van der Waals surface area (Å²) < 4.78 is 6.62. The van der Waals surface area contributed by atoms with E-state index in [-0.39, 0.29) is 0 Å². The molecule has 1 unspecified atom stereocenters. The number of rotatable bonds is 7. The SMILES string of the molecule is CCC(CCl)NCCOc1cccc(Br)c1. The van der Waals surface area contributed by atoms with E-state index in [0.29, 0.717) is 18.5 Å². The van der Waals surface area contributed by atoms with Crippen molar-refractivity contribution in [2.75, 3.05) is 19.0 Å². The van der Waals surface area contributed by atoms with Crippen molar-refractivity contribution < 1.29 is 4.74 Å². The number of hydrogen-bond acceptors (Lipinski definition) is 2. The normalized spacial score (nSPS) is 12.4. The summed E-state index contributed by atoms with van der Waals surface area (Å²) in [6.45, 7) is 3.59. The molecule has 0 radical (unpaired) electrons. The molecule has 0 amide bonds. The Morgan fingerprint density at radius 3 is 2.94 bits per heavy atom. The molecule has 0 heterocycles. The Bertz CT molecular complexity index is 305. The number of nitrogens with one attached hydrogen (secondary N) is 1. The molecule has 4 heteroatoms. The van der Waals surface area contributed by atoms with Gasteiger partial charge in [-0.25, -0.2) is 0 Å². The molecular weight excluding hydrogens is 289 g/mol. The molecule has 90 valence electrons. The van der Waals surface area contributed by atoms with Crippen LogP contribution in [0.4, 0.5) is 0 Å². The number of alkyl halides is 1. The summed E-state index contributed by atoms with van der Waals surface area (Å²) in [5, 5.41) is 3.34. The van der Waals surface area contributed by atoms with Crippen LogP contribution >= 0.6 is 27.5 Å². The van der Waals surface area contributed by atoms with Crippen molar-refractivity contribution in [3.63, 3.8) is 0 Å². The summed E-state index contributed by atoms with van der Waals surface area (Å²) in [4.78, 5) is 0. The van der Waals surface area contributed by atoms with Crippen molar-refractivity contribution in [1.29, 1.82) is 0 Å². The van der Waals surface area contributed by atoms with E-state index in [1.54, 1.807) is 0 Å². The Kier molecular flexibility index (Phi) is 6.85. The van der Waals surface area contributed by atoms with Gasteiger partial charge in [-0.1, -0.05) is 28.9 Å². The van der Waals surface area contributed by atoms with E-state index < -0.39 is 0 Å². The summed E-state index contributed by atoms with van der Waals surface area (Å²) in [6, 6.07) is 8.22. The van der Waals surface area contributed by atoms with Gasteiger partial charge >= 0.3 is 0 Å². The van der Waals surface area contributed by atoms with Crippen molar-refractivity contribution in [2.45, 2.75) is 19.4 Å². The lowest BCUT2D eigenvalue weighted by molar-refractivity contribution is 0.306. The highest BCUT2D eigenvalue weighted by Gasteiger charge is 2.02. The van der Waals surface area contributed by atoms with Gasteiger partial charge < -0.3 is 10.1 Å². The number of hydrogen-bond donors (Lipinski definition) is 1. The smallest absolute Gasteiger partial charge is 0.120 e. The van der Waals surface area contributed by atoms with Crippen LogP contribution in [0.25, 0.3) is 0 Å². The Labute approximate surface area is 110 Å². The van der Waals surface area contributed by atoms with Crippen LogP contribution in [0.2, 0.25) is 0 Å². The monoisotopic (exact) mass is 305 g/mol. The number of halogens is 2. The predicted molar refractivity (Wildman–Crippen MR) is 72.4 cm³/mol. The Hall–Kier alpha value is -0.250. The molecule has 1 atom stereocenters. The molecule has 0 saturated heterocycles. The third kappa shape index (κ3) is 5.19. The van der Waals surface area contributed by atoms with Crippen molar-refractivity contribution in [3.8, 4) is 5.75 Å². The predicted octanol–water partition coefficient (Wildman–Crippen LogP) is 3.43. The van der Waals surface area contributed by atoms with Crippen LogP contribution in [0.3, 0.4) is 0 Å². The van der Waals surface area contributed by atoms with Crippen molar-refractivity contribution in [1.82, 2.24) is 5.32 Å². The Morgan fingerprint density at radius 1 is 1.50 bits per heavy atom. The second kappa shape index (κ2) is 7.93. The summed E-state index contributed by atoms with van der Waals surface area (Å²) in [7, 11) is 0. The van der Waals surface area contributed by atoms with E-state index in [9.17, 15) is 0 Å². The second-order valence-corrected chi connectivity index (χ2v) is 4.74. The van der Waals surface area contributed by atoms with E-state index in [1.165, 1.54) is 0 Å². The van der Waals surface area contributed by atoms with Gasteiger partial charge in [-0.05, 0) is 24.6 Å². The molecule has 0 spiro atoms. The Morgan fingerprint density at radius 2 is 2.31 bits per heavy atom. The van der Waals surface area contributed by atoms with Crippen LogP contribution in [0, 0.1) is 0 Å². The fraction of sp³-hybridized carbons (Fsp3) is 0.500. The van der Waals surface area contributed by atoms with E-state index in [4.69, 9.17) is 16.3 Å². The topological polar surface area (TPSA) is 21.3 Å². The first kappa shape index (κ1) is 13.8. The van der Waals surface area contributed by atoms with E-state index >= 15 is 0 Å². The Balaban J connectivity index is 2.20. The van der Waals surface area contributed by atoms with Crippen LogP contribution in [-0.4, -0.2) is 25.1 Å². The maximum atomic E-state index is 5.77. The molecule has 0 aliphatic rings. The van der Waals surface area contributed by atoms with Gasteiger partial charge in [0.1, 0.15) is 12.4 Å². The number of ether oxygens (including phenoxy) is 1. The second-order valence-electron chi connectivity index (χ2n) is 3.52. The fourth-order valence-corrected chi connectivity index (χ4v) is 2.00. The van der Waals surface area contributed by atoms with Gasteiger partial charge in [0, 0.05) is 22.9 Å². The lowest BCUT2D eigenvalue weighted by Crippen LogP contribution is -2.33. The first-order valence-electron chi connectivity index (χ1n) is 5.44. The van der Waals surface area contributed by atoms with Gasteiger partial charge in [-0.2, -0.15) is 0 Å². The molecule has 1 aromatic rings. The van der Waals surface area contributed by atoms with Crippen LogP contribution in [0.15, 0.2) is 28.7 Å². The maximum absolute atomic E-state index is 5.77. The zero-order chi connectivity index (χ0) is 11.8. The highest BCUT2D eigenvalue weighted by atomic mass is 79.9. The minimum absolute atomic E-state index is 0.382. The molecule has 0 aliphatic heterocycles. The summed E-state index contributed by atoms with van der Waals surface area (Å²) in [6.07, 6.45) is 1.04. The highest BCUT2D eigenvalue weighted by molar-refractivity contribution is 9.10. The minimum Gasteiger partial charge on any atom is -0.492 e. The number of benzene rings is 1. The van der Waals surface area contributed by atoms with Gasteiger partial charge in [-0.15, -0.1) is 11.6 Å².